The Balaban J connectivity index is 1.37. The zero-order valence-electron chi connectivity index (χ0n) is 22.2. The fourth-order valence-electron chi connectivity index (χ4n) is 5.32. The van der Waals surface area contributed by atoms with Crippen LogP contribution in [0.15, 0.2) is 53.6 Å². The van der Waals surface area contributed by atoms with Crippen LogP contribution in [0, 0.1) is 5.82 Å². The first kappa shape index (κ1) is 27.0. The summed E-state index contributed by atoms with van der Waals surface area (Å²) in [6, 6.07) is 11.9. The Morgan fingerprint density at radius 3 is 2.69 bits per heavy atom. The Hall–Kier alpha value is -3.59. The van der Waals surface area contributed by atoms with E-state index in [2.05, 4.69) is 19.9 Å². The van der Waals surface area contributed by atoms with Crippen molar-refractivity contribution in [3.63, 3.8) is 0 Å². The van der Waals surface area contributed by atoms with E-state index in [0.717, 1.165) is 70.9 Å². The standard InChI is InChI=1S/C30H32FN3O4S/c1-3-21-8-6-9-25-22(18-32(28(21)25)19-27(35)33-14-5-4-7-20(33)2)17-26-29(36)34(30(37)39-26)15-16-38-24-12-10-23(31)11-13-24/h6,8-13,17-18,20H,3-5,7,14-16,19H2,1-2H3/b26-17-/t20-/m0/s1. The third kappa shape index (κ3) is 5.73. The predicted octanol–water partition coefficient (Wildman–Crippen LogP) is 5.86. The summed E-state index contributed by atoms with van der Waals surface area (Å²) in [4.78, 5) is 42.6. The highest BCUT2D eigenvalue weighted by Gasteiger charge is 2.35. The highest BCUT2D eigenvalue weighted by atomic mass is 32.2. The largest absolute Gasteiger partial charge is 0.492 e. The van der Waals surface area contributed by atoms with Gasteiger partial charge in [-0.05, 0) is 80.3 Å². The summed E-state index contributed by atoms with van der Waals surface area (Å²) in [6.45, 7) is 5.39. The summed E-state index contributed by atoms with van der Waals surface area (Å²) in [5.74, 6) is -0.181. The first-order chi connectivity index (χ1) is 18.9. The fraction of sp³-hybridized carbons (Fsp3) is 0.367. The number of aryl methyl sites for hydroxylation is 1. The zero-order valence-corrected chi connectivity index (χ0v) is 23.0. The van der Waals surface area contributed by atoms with Crippen molar-refractivity contribution in [1.29, 1.82) is 0 Å². The van der Waals surface area contributed by atoms with Crippen LogP contribution in [0.2, 0.25) is 0 Å². The first-order valence-electron chi connectivity index (χ1n) is 13.4. The Bertz CT molecular complexity index is 1430. The molecule has 1 atom stereocenters. The van der Waals surface area contributed by atoms with Crippen LogP contribution in [-0.4, -0.2) is 57.2 Å². The predicted molar refractivity (Wildman–Crippen MR) is 151 cm³/mol. The Labute approximate surface area is 231 Å². The van der Waals surface area contributed by atoms with E-state index in [0.29, 0.717) is 10.7 Å². The van der Waals surface area contributed by atoms with Gasteiger partial charge >= 0.3 is 0 Å². The Morgan fingerprint density at radius 1 is 1.15 bits per heavy atom. The third-order valence-corrected chi connectivity index (χ3v) is 8.29. The minimum Gasteiger partial charge on any atom is -0.492 e. The summed E-state index contributed by atoms with van der Waals surface area (Å²) < 4.78 is 20.7. The lowest BCUT2D eigenvalue weighted by atomic mass is 10.0. The molecule has 9 heteroatoms. The molecule has 2 aliphatic heterocycles. The smallest absolute Gasteiger partial charge is 0.293 e. The van der Waals surface area contributed by atoms with Gasteiger partial charge in [-0.3, -0.25) is 19.3 Å². The third-order valence-electron chi connectivity index (χ3n) is 7.38. The minimum absolute atomic E-state index is 0.0870. The van der Waals surface area contributed by atoms with Gasteiger partial charge in [0.1, 0.15) is 24.7 Å². The number of thioether (sulfide) groups is 1. The van der Waals surface area contributed by atoms with Gasteiger partial charge in [-0.25, -0.2) is 4.39 Å². The maximum atomic E-state index is 13.3. The second kappa shape index (κ2) is 11.7. The molecule has 0 N–H and O–H groups in total. The van der Waals surface area contributed by atoms with Gasteiger partial charge in [-0.1, -0.05) is 25.1 Å². The van der Waals surface area contributed by atoms with E-state index in [-0.39, 0.29) is 48.6 Å². The van der Waals surface area contributed by atoms with Crippen molar-refractivity contribution in [2.75, 3.05) is 19.7 Å². The first-order valence-corrected chi connectivity index (χ1v) is 14.2. The van der Waals surface area contributed by atoms with Gasteiger partial charge < -0.3 is 14.2 Å². The van der Waals surface area contributed by atoms with E-state index >= 15 is 0 Å². The van der Waals surface area contributed by atoms with Gasteiger partial charge in [-0.2, -0.15) is 0 Å². The molecule has 0 radical (unpaired) electrons. The molecule has 2 aliphatic rings. The number of piperidine rings is 1. The fourth-order valence-corrected chi connectivity index (χ4v) is 6.17. The highest BCUT2D eigenvalue weighted by molar-refractivity contribution is 8.18. The molecule has 39 heavy (non-hydrogen) atoms. The van der Waals surface area contributed by atoms with Crippen LogP contribution in [0.5, 0.6) is 5.75 Å². The number of hydrogen-bond donors (Lipinski definition) is 0. The molecule has 2 saturated heterocycles. The number of likely N-dealkylation sites (tertiary alicyclic amines) is 1. The molecular weight excluding hydrogens is 517 g/mol. The molecule has 7 nitrogen and oxygen atoms in total. The summed E-state index contributed by atoms with van der Waals surface area (Å²) in [5, 5.41) is 0.585. The molecule has 0 spiro atoms. The topological polar surface area (TPSA) is 71.8 Å². The van der Waals surface area contributed by atoms with Crippen molar-refractivity contribution in [1.82, 2.24) is 14.4 Å². The molecule has 3 amide bonds. The second-order valence-corrected chi connectivity index (χ2v) is 10.9. The molecular formula is C30H32FN3O4S. The number of carbonyl (C=O) groups is 3. The van der Waals surface area contributed by atoms with Gasteiger partial charge in [0.15, 0.2) is 0 Å². The molecule has 0 aliphatic carbocycles. The molecule has 0 saturated carbocycles. The van der Waals surface area contributed by atoms with Crippen molar-refractivity contribution in [3.8, 4) is 5.75 Å². The van der Waals surface area contributed by atoms with Crippen LogP contribution in [0.1, 0.15) is 44.2 Å². The number of hydrogen-bond acceptors (Lipinski definition) is 5. The lowest BCUT2D eigenvalue weighted by molar-refractivity contribution is -0.135. The Morgan fingerprint density at radius 2 is 1.95 bits per heavy atom. The number of imide groups is 1. The maximum absolute atomic E-state index is 13.3. The van der Waals surface area contributed by atoms with E-state index in [1.807, 2.05) is 27.8 Å². The number of ether oxygens (including phenoxy) is 1. The summed E-state index contributed by atoms with van der Waals surface area (Å²) in [5.41, 5.74) is 2.90. The summed E-state index contributed by atoms with van der Waals surface area (Å²) in [7, 11) is 0. The van der Waals surface area contributed by atoms with Crippen molar-refractivity contribution in [3.05, 3.63) is 70.5 Å². The van der Waals surface area contributed by atoms with E-state index in [4.69, 9.17) is 4.74 Å². The number of amides is 3. The average molecular weight is 550 g/mol. The van der Waals surface area contributed by atoms with E-state index in [1.165, 1.54) is 24.3 Å². The molecule has 204 valence electrons. The second-order valence-electron chi connectivity index (χ2n) is 9.95. The monoisotopic (exact) mass is 549 g/mol. The molecule has 3 aromatic rings. The number of fused-ring (bicyclic) bond motifs is 1. The number of nitrogens with zero attached hydrogens (tertiary/aromatic N) is 3. The number of para-hydroxylation sites is 1. The number of rotatable bonds is 8. The minimum atomic E-state index is -0.376. The summed E-state index contributed by atoms with van der Waals surface area (Å²) >= 11 is 0.898. The quantitative estimate of drug-likeness (QED) is 0.329. The van der Waals surface area contributed by atoms with Crippen LogP contribution in [0.25, 0.3) is 17.0 Å². The lowest BCUT2D eigenvalue weighted by Gasteiger charge is -2.33. The maximum Gasteiger partial charge on any atom is 0.293 e. The molecule has 3 heterocycles. The van der Waals surface area contributed by atoms with Crippen molar-refractivity contribution >= 4 is 45.8 Å². The van der Waals surface area contributed by atoms with Crippen LogP contribution in [0.3, 0.4) is 0 Å². The van der Waals surface area contributed by atoms with Gasteiger partial charge in [0.25, 0.3) is 11.1 Å². The zero-order chi connectivity index (χ0) is 27.5. The van der Waals surface area contributed by atoms with Gasteiger partial charge in [0.2, 0.25) is 5.91 Å². The van der Waals surface area contributed by atoms with Crippen LogP contribution >= 0.6 is 11.8 Å². The van der Waals surface area contributed by atoms with Crippen molar-refractivity contribution in [2.24, 2.45) is 0 Å². The van der Waals surface area contributed by atoms with E-state index < -0.39 is 0 Å². The molecule has 0 unspecified atom stereocenters. The molecule has 2 aromatic carbocycles. The number of aromatic nitrogens is 1. The molecule has 5 rings (SSSR count). The van der Waals surface area contributed by atoms with Gasteiger partial charge in [0.05, 0.1) is 17.0 Å². The summed E-state index contributed by atoms with van der Waals surface area (Å²) in [6.07, 6.45) is 7.67. The van der Waals surface area contributed by atoms with Crippen molar-refractivity contribution in [2.45, 2.75) is 52.1 Å². The lowest BCUT2D eigenvalue weighted by Crippen LogP contribution is -2.43. The SMILES string of the molecule is CCc1cccc2c(/C=C3\SC(=O)N(CCOc4ccc(F)cc4)C3=O)cn(CC(=O)N3CCCC[C@@H]3C)c12. The number of halogens is 1. The number of carbonyl (C=O) groups excluding carboxylic acids is 3. The van der Waals surface area contributed by atoms with Crippen LogP contribution in [-0.2, 0) is 22.6 Å². The Kier molecular flexibility index (Phi) is 8.07. The van der Waals surface area contributed by atoms with E-state index in [1.54, 1.807) is 6.08 Å². The number of benzene rings is 2. The van der Waals surface area contributed by atoms with E-state index in [9.17, 15) is 18.8 Å². The van der Waals surface area contributed by atoms with Crippen LogP contribution in [0.4, 0.5) is 9.18 Å². The van der Waals surface area contributed by atoms with Gasteiger partial charge in [0, 0.05) is 29.7 Å². The molecule has 2 fully saturated rings. The molecule has 0 bridgehead atoms. The van der Waals surface area contributed by atoms with Crippen LogP contribution < -0.4 is 4.74 Å². The average Bonchev–Trinajstić information content (AvgIpc) is 3.41. The molecule has 1 aromatic heterocycles. The highest BCUT2D eigenvalue weighted by Crippen LogP contribution is 2.35. The normalized spacial score (nSPS) is 18.9. The van der Waals surface area contributed by atoms with Gasteiger partial charge in [-0.15, -0.1) is 0 Å². The van der Waals surface area contributed by atoms with Crippen molar-refractivity contribution < 1.29 is 23.5 Å².